The molecule has 17 heavy (non-hydrogen) atoms. The van der Waals surface area contributed by atoms with Gasteiger partial charge >= 0.3 is 5.97 Å². The highest BCUT2D eigenvalue weighted by atomic mass is 16.4. The van der Waals surface area contributed by atoms with E-state index in [1.54, 1.807) is 0 Å². The van der Waals surface area contributed by atoms with Crippen LogP contribution in [0.5, 0.6) is 0 Å². The Labute approximate surface area is 101 Å². The summed E-state index contributed by atoms with van der Waals surface area (Å²) in [5, 5.41) is 12.1. The number of hydrogen-bond acceptors (Lipinski definition) is 2. The van der Waals surface area contributed by atoms with E-state index in [-0.39, 0.29) is 5.91 Å². The summed E-state index contributed by atoms with van der Waals surface area (Å²) in [4.78, 5) is 23.4. The van der Waals surface area contributed by atoms with Gasteiger partial charge in [0.25, 0.3) is 0 Å². The van der Waals surface area contributed by atoms with Gasteiger partial charge in [-0.3, -0.25) is 4.79 Å². The standard InChI is InChI=1S/C13H19NO3/c1-9-5-4-6-10(9)11(15)14-13(12(16)17)7-2-3-8-13/h2-8H2,1H3,(H,14,15)(H,16,17). The van der Waals surface area contributed by atoms with Crippen LogP contribution >= 0.6 is 0 Å². The molecule has 0 bridgehead atoms. The first kappa shape index (κ1) is 12.1. The maximum Gasteiger partial charge on any atom is 0.329 e. The monoisotopic (exact) mass is 237 g/mol. The lowest BCUT2D eigenvalue weighted by Crippen LogP contribution is -2.52. The molecule has 0 saturated heterocycles. The molecular weight excluding hydrogens is 218 g/mol. The predicted molar refractivity (Wildman–Crippen MR) is 63.5 cm³/mol. The molecule has 0 heterocycles. The van der Waals surface area contributed by atoms with Gasteiger partial charge in [-0.15, -0.1) is 0 Å². The number of aliphatic carboxylic acids is 1. The molecule has 0 spiro atoms. The summed E-state index contributed by atoms with van der Waals surface area (Å²) in [5.74, 6) is -1.05. The highest BCUT2D eigenvalue weighted by Crippen LogP contribution is 2.32. The van der Waals surface area contributed by atoms with E-state index >= 15 is 0 Å². The van der Waals surface area contributed by atoms with E-state index in [1.165, 1.54) is 0 Å². The number of carbonyl (C=O) groups excluding carboxylic acids is 1. The average Bonchev–Trinajstić information content (AvgIpc) is 2.87. The van der Waals surface area contributed by atoms with Crippen LogP contribution in [0.4, 0.5) is 0 Å². The van der Waals surface area contributed by atoms with Crippen LogP contribution in [0.1, 0.15) is 51.9 Å². The van der Waals surface area contributed by atoms with Gasteiger partial charge in [0.2, 0.25) is 5.91 Å². The van der Waals surface area contributed by atoms with Gasteiger partial charge in [-0.2, -0.15) is 0 Å². The molecule has 94 valence electrons. The molecular formula is C13H19NO3. The average molecular weight is 237 g/mol. The van der Waals surface area contributed by atoms with Crippen LogP contribution in [-0.4, -0.2) is 22.5 Å². The Morgan fingerprint density at radius 3 is 2.29 bits per heavy atom. The first-order chi connectivity index (χ1) is 8.05. The quantitative estimate of drug-likeness (QED) is 0.789. The second-order valence-electron chi connectivity index (χ2n) is 5.16. The molecule has 2 aliphatic rings. The van der Waals surface area contributed by atoms with Crippen molar-refractivity contribution in [2.24, 2.45) is 0 Å². The van der Waals surface area contributed by atoms with E-state index in [2.05, 4.69) is 5.32 Å². The first-order valence-electron chi connectivity index (χ1n) is 6.30. The second kappa shape index (κ2) is 4.51. The van der Waals surface area contributed by atoms with Crippen LogP contribution in [0.25, 0.3) is 0 Å². The Balaban J connectivity index is 2.12. The number of rotatable bonds is 3. The lowest BCUT2D eigenvalue weighted by molar-refractivity contribution is -0.146. The van der Waals surface area contributed by atoms with Gasteiger partial charge < -0.3 is 10.4 Å². The number of carboxylic acids is 1. The van der Waals surface area contributed by atoms with Gasteiger partial charge in [0.1, 0.15) is 5.54 Å². The predicted octanol–water partition coefficient (Wildman–Crippen LogP) is 2.00. The van der Waals surface area contributed by atoms with Crippen LogP contribution < -0.4 is 5.32 Å². The fraction of sp³-hybridized carbons (Fsp3) is 0.692. The van der Waals surface area contributed by atoms with Crippen LogP contribution in [0.3, 0.4) is 0 Å². The van der Waals surface area contributed by atoms with Crippen LogP contribution in [-0.2, 0) is 9.59 Å². The highest BCUT2D eigenvalue weighted by molar-refractivity contribution is 5.98. The highest BCUT2D eigenvalue weighted by Gasteiger charge is 2.43. The summed E-state index contributed by atoms with van der Waals surface area (Å²) >= 11 is 0. The van der Waals surface area contributed by atoms with Crippen molar-refractivity contribution in [2.45, 2.75) is 57.4 Å². The van der Waals surface area contributed by atoms with Gasteiger partial charge in [-0.25, -0.2) is 4.79 Å². The zero-order chi connectivity index (χ0) is 12.5. The van der Waals surface area contributed by atoms with Gasteiger partial charge in [0.15, 0.2) is 0 Å². The van der Waals surface area contributed by atoms with Gasteiger partial charge in [-0.1, -0.05) is 18.4 Å². The SMILES string of the molecule is CC1=C(C(=O)NC2(C(=O)O)CCCC2)CCC1. The van der Waals surface area contributed by atoms with Crippen LogP contribution in [0.2, 0.25) is 0 Å². The second-order valence-corrected chi connectivity index (χ2v) is 5.16. The van der Waals surface area contributed by atoms with Crippen molar-refractivity contribution >= 4 is 11.9 Å². The number of carboxylic acid groups (broad SMARTS) is 1. The Hall–Kier alpha value is -1.32. The lowest BCUT2D eigenvalue weighted by Gasteiger charge is -2.25. The van der Waals surface area contributed by atoms with Crippen molar-refractivity contribution in [1.29, 1.82) is 0 Å². The zero-order valence-electron chi connectivity index (χ0n) is 10.2. The van der Waals surface area contributed by atoms with Crippen LogP contribution in [0.15, 0.2) is 11.1 Å². The third kappa shape index (κ3) is 2.21. The smallest absolute Gasteiger partial charge is 0.329 e. The Morgan fingerprint density at radius 2 is 1.82 bits per heavy atom. The lowest BCUT2D eigenvalue weighted by atomic mass is 9.97. The minimum Gasteiger partial charge on any atom is -0.480 e. The number of hydrogen-bond donors (Lipinski definition) is 2. The molecule has 0 aliphatic heterocycles. The molecule has 1 amide bonds. The summed E-state index contributed by atoms with van der Waals surface area (Å²) in [6.45, 7) is 1.96. The van der Waals surface area contributed by atoms with E-state index in [0.717, 1.165) is 43.3 Å². The molecule has 1 fully saturated rings. The number of amides is 1. The molecule has 2 N–H and O–H groups in total. The number of nitrogens with one attached hydrogen (secondary N) is 1. The molecule has 4 nitrogen and oxygen atoms in total. The van der Waals surface area contributed by atoms with E-state index < -0.39 is 11.5 Å². The van der Waals surface area contributed by atoms with Crippen molar-refractivity contribution in [3.8, 4) is 0 Å². The molecule has 0 aromatic heterocycles. The third-order valence-corrected chi connectivity index (χ3v) is 3.99. The van der Waals surface area contributed by atoms with E-state index in [4.69, 9.17) is 0 Å². The molecule has 2 rings (SSSR count). The summed E-state index contributed by atoms with van der Waals surface area (Å²) in [6.07, 6.45) is 5.63. The number of carbonyl (C=O) groups is 2. The maximum absolute atomic E-state index is 12.1. The van der Waals surface area contributed by atoms with Crippen molar-refractivity contribution < 1.29 is 14.7 Å². The Kier molecular flexibility index (Phi) is 3.22. The Bertz CT molecular complexity index is 378. The Morgan fingerprint density at radius 1 is 1.18 bits per heavy atom. The molecule has 4 heteroatoms. The summed E-state index contributed by atoms with van der Waals surface area (Å²) < 4.78 is 0. The van der Waals surface area contributed by atoms with E-state index in [9.17, 15) is 14.7 Å². The maximum atomic E-state index is 12.1. The largest absolute Gasteiger partial charge is 0.480 e. The normalized spacial score (nSPS) is 22.9. The van der Waals surface area contributed by atoms with Crippen molar-refractivity contribution in [3.63, 3.8) is 0 Å². The minimum atomic E-state index is -1.01. The van der Waals surface area contributed by atoms with Crippen LogP contribution in [0, 0.1) is 0 Å². The molecule has 0 radical (unpaired) electrons. The first-order valence-corrected chi connectivity index (χ1v) is 6.30. The fourth-order valence-corrected chi connectivity index (χ4v) is 2.87. The van der Waals surface area contributed by atoms with E-state index in [0.29, 0.717) is 12.8 Å². The van der Waals surface area contributed by atoms with Gasteiger partial charge in [-0.05, 0) is 39.0 Å². The summed E-state index contributed by atoms with van der Waals surface area (Å²) in [6, 6.07) is 0. The molecule has 0 atom stereocenters. The van der Waals surface area contributed by atoms with Crippen molar-refractivity contribution in [2.75, 3.05) is 0 Å². The zero-order valence-corrected chi connectivity index (χ0v) is 10.2. The van der Waals surface area contributed by atoms with E-state index in [1.807, 2.05) is 6.92 Å². The fourth-order valence-electron chi connectivity index (χ4n) is 2.87. The van der Waals surface area contributed by atoms with Crippen molar-refractivity contribution in [3.05, 3.63) is 11.1 Å². The summed E-state index contributed by atoms with van der Waals surface area (Å²) in [7, 11) is 0. The topological polar surface area (TPSA) is 66.4 Å². The molecule has 2 aliphatic carbocycles. The third-order valence-electron chi connectivity index (χ3n) is 3.99. The molecule has 0 aromatic rings. The molecule has 0 aromatic carbocycles. The number of allylic oxidation sites excluding steroid dienone is 1. The van der Waals surface area contributed by atoms with Crippen molar-refractivity contribution in [1.82, 2.24) is 5.32 Å². The molecule has 0 unspecified atom stereocenters. The van der Waals surface area contributed by atoms with Gasteiger partial charge in [0.05, 0.1) is 0 Å². The molecule has 1 saturated carbocycles. The summed E-state index contributed by atoms with van der Waals surface area (Å²) in [5.41, 5.74) is 0.908. The minimum absolute atomic E-state index is 0.163. The van der Waals surface area contributed by atoms with Gasteiger partial charge in [0, 0.05) is 5.57 Å².